The number of nitrogens with two attached hydrogens (primary N) is 1. The number of hydrogen-bond donors (Lipinski definition) is 1. The number of nitro groups is 1. The molecule has 0 spiro atoms. The number of ether oxygens (including phenoxy) is 1. The monoisotopic (exact) mass is 259 g/mol. The van der Waals surface area contributed by atoms with Crippen LogP contribution in [0.15, 0.2) is 42.6 Å². The van der Waals surface area contributed by atoms with Crippen LogP contribution < -0.4 is 10.5 Å². The van der Waals surface area contributed by atoms with E-state index in [1.54, 1.807) is 30.5 Å². The molecule has 2 aromatic rings. The van der Waals surface area contributed by atoms with Crippen LogP contribution in [0.2, 0.25) is 0 Å². The zero-order valence-electron chi connectivity index (χ0n) is 10.2. The Balaban J connectivity index is 2.01. The zero-order valence-corrected chi connectivity index (χ0v) is 10.2. The van der Waals surface area contributed by atoms with Gasteiger partial charge in [0.05, 0.1) is 16.8 Å². The van der Waals surface area contributed by atoms with Gasteiger partial charge in [0.15, 0.2) is 0 Å². The molecule has 1 aromatic carbocycles. The first-order valence-corrected chi connectivity index (χ1v) is 5.70. The fraction of sp³-hybridized carbons (Fsp3) is 0.154. The first-order valence-electron chi connectivity index (χ1n) is 5.70. The summed E-state index contributed by atoms with van der Waals surface area (Å²) >= 11 is 0. The van der Waals surface area contributed by atoms with Crippen molar-refractivity contribution in [3.05, 3.63) is 64.0 Å². The van der Waals surface area contributed by atoms with Crippen LogP contribution >= 0.6 is 0 Å². The maximum Gasteiger partial charge on any atom is 0.269 e. The van der Waals surface area contributed by atoms with Gasteiger partial charge in [0.25, 0.3) is 5.69 Å². The fourth-order valence-electron chi connectivity index (χ4n) is 1.54. The Morgan fingerprint density at radius 1 is 1.32 bits per heavy atom. The molecule has 1 heterocycles. The van der Waals surface area contributed by atoms with E-state index in [9.17, 15) is 10.1 Å². The second-order valence-corrected chi connectivity index (χ2v) is 3.91. The molecule has 0 bridgehead atoms. The van der Waals surface area contributed by atoms with Crippen molar-refractivity contribution in [2.75, 3.05) is 0 Å². The number of hydrogen-bond acceptors (Lipinski definition) is 5. The lowest BCUT2D eigenvalue weighted by Gasteiger charge is -2.06. The van der Waals surface area contributed by atoms with Crippen LogP contribution in [0.1, 0.15) is 11.3 Å². The van der Waals surface area contributed by atoms with E-state index < -0.39 is 4.92 Å². The highest BCUT2D eigenvalue weighted by atomic mass is 16.6. The Morgan fingerprint density at radius 2 is 2.16 bits per heavy atom. The predicted molar refractivity (Wildman–Crippen MR) is 69.6 cm³/mol. The average molecular weight is 259 g/mol. The Hall–Kier alpha value is -2.47. The highest BCUT2D eigenvalue weighted by molar-refractivity contribution is 5.34. The van der Waals surface area contributed by atoms with Gasteiger partial charge in [0.1, 0.15) is 12.4 Å². The third kappa shape index (κ3) is 3.49. The van der Waals surface area contributed by atoms with E-state index >= 15 is 0 Å². The quantitative estimate of drug-likeness (QED) is 0.655. The summed E-state index contributed by atoms with van der Waals surface area (Å²) in [6, 6.07) is 9.89. The van der Waals surface area contributed by atoms with Gasteiger partial charge >= 0.3 is 0 Å². The van der Waals surface area contributed by atoms with Gasteiger partial charge in [-0.15, -0.1) is 0 Å². The van der Waals surface area contributed by atoms with Crippen LogP contribution in [-0.2, 0) is 13.2 Å². The molecule has 1 aromatic heterocycles. The molecule has 0 atom stereocenters. The third-order valence-corrected chi connectivity index (χ3v) is 2.53. The van der Waals surface area contributed by atoms with Gasteiger partial charge in [-0.1, -0.05) is 12.1 Å². The predicted octanol–water partition coefficient (Wildman–Crippen LogP) is 2.03. The lowest BCUT2D eigenvalue weighted by atomic mass is 10.2. The van der Waals surface area contributed by atoms with Crippen molar-refractivity contribution in [3.8, 4) is 5.75 Å². The van der Waals surface area contributed by atoms with E-state index in [1.807, 2.05) is 0 Å². The molecular formula is C13H13N3O3. The standard InChI is InChI=1S/C13H13N3O3/c14-7-11-4-5-13(8-15-11)19-9-10-2-1-3-12(6-10)16(17)18/h1-6,8H,7,9,14H2. The van der Waals surface area contributed by atoms with Crippen molar-refractivity contribution in [3.63, 3.8) is 0 Å². The third-order valence-electron chi connectivity index (χ3n) is 2.53. The Kier molecular flexibility index (Phi) is 4.04. The van der Waals surface area contributed by atoms with E-state index in [0.29, 0.717) is 12.3 Å². The van der Waals surface area contributed by atoms with Gasteiger partial charge in [0.2, 0.25) is 0 Å². The summed E-state index contributed by atoms with van der Waals surface area (Å²) in [5.41, 5.74) is 7.01. The van der Waals surface area contributed by atoms with Gasteiger partial charge < -0.3 is 10.5 Å². The molecule has 0 aliphatic rings. The van der Waals surface area contributed by atoms with Crippen molar-refractivity contribution in [1.82, 2.24) is 4.98 Å². The van der Waals surface area contributed by atoms with Crippen LogP contribution in [0.4, 0.5) is 5.69 Å². The van der Waals surface area contributed by atoms with Crippen LogP contribution in [0.25, 0.3) is 0 Å². The fourth-order valence-corrected chi connectivity index (χ4v) is 1.54. The summed E-state index contributed by atoms with van der Waals surface area (Å²) < 4.78 is 5.50. The summed E-state index contributed by atoms with van der Waals surface area (Å²) in [5.74, 6) is 0.601. The molecule has 0 saturated heterocycles. The normalized spacial score (nSPS) is 10.2. The number of aromatic nitrogens is 1. The Bertz CT molecular complexity index is 570. The molecule has 2 N–H and O–H groups in total. The Labute approximate surface area is 110 Å². The van der Waals surface area contributed by atoms with Gasteiger partial charge in [-0.25, -0.2) is 0 Å². The molecule has 0 aliphatic heterocycles. The zero-order chi connectivity index (χ0) is 13.7. The number of pyridine rings is 1. The maximum atomic E-state index is 10.6. The maximum absolute atomic E-state index is 10.6. The smallest absolute Gasteiger partial charge is 0.269 e. The average Bonchev–Trinajstić information content (AvgIpc) is 2.46. The van der Waals surface area contributed by atoms with E-state index in [1.165, 1.54) is 12.1 Å². The lowest BCUT2D eigenvalue weighted by molar-refractivity contribution is -0.384. The minimum atomic E-state index is -0.429. The van der Waals surface area contributed by atoms with Gasteiger partial charge in [0, 0.05) is 18.7 Å². The van der Waals surface area contributed by atoms with Crippen molar-refractivity contribution in [2.45, 2.75) is 13.2 Å². The van der Waals surface area contributed by atoms with Crippen LogP contribution in [0, 0.1) is 10.1 Å². The molecular weight excluding hydrogens is 246 g/mol. The van der Waals surface area contributed by atoms with E-state index in [2.05, 4.69) is 4.98 Å². The molecule has 0 aliphatic carbocycles. The number of benzene rings is 1. The minimum absolute atomic E-state index is 0.0534. The second-order valence-electron chi connectivity index (χ2n) is 3.91. The van der Waals surface area contributed by atoms with Crippen molar-refractivity contribution >= 4 is 5.69 Å². The molecule has 6 heteroatoms. The summed E-state index contributed by atoms with van der Waals surface area (Å²) in [6.07, 6.45) is 1.58. The van der Waals surface area contributed by atoms with Crippen molar-refractivity contribution in [2.24, 2.45) is 5.73 Å². The molecule has 0 fully saturated rings. The van der Waals surface area contributed by atoms with E-state index in [0.717, 1.165) is 11.3 Å². The van der Waals surface area contributed by atoms with E-state index in [4.69, 9.17) is 10.5 Å². The molecule has 0 unspecified atom stereocenters. The summed E-state index contributed by atoms with van der Waals surface area (Å²) in [6.45, 7) is 0.635. The van der Waals surface area contributed by atoms with Gasteiger partial charge in [-0.05, 0) is 17.7 Å². The number of nitrogens with zero attached hydrogens (tertiary/aromatic N) is 2. The molecule has 0 saturated carbocycles. The molecule has 19 heavy (non-hydrogen) atoms. The molecule has 2 rings (SSSR count). The van der Waals surface area contributed by atoms with Gasteiger partial charge in [-0.3, -0.25) is 15.1 Å². The second kappa shape index (κ2) is 5.92. The number of non-ortho nitro benzene ring substituents is 1. The van der Waals surface area contributed by atoms with Crippen molar-refractivity contribution < 1.29 is 9.66 Å². The first-order chi connectivity index (χ1) is 9.19. The minimum Gasteiger partial charge on any atom is -0.487 e. The molecule has 0 amide bonds. The van der Waals surface area contributed by atoms with Crippen molar-refractivity contribution in [1.29, 1.82) is 0 Å². The van der Waals surface area contributed by atoms with Crippen LogP contribution in [0.5, 0.6) is 5.75 Å². The molecule has 98 valence electrons. The topological polar surface area (TPSA) is 91.3 Å². The van der Waals surface area contributed by atoms with Crippen LogP contribution in [-0.4, -0.2) is 9.91 Å². The van der Waals surface area contributed by atoms with E-state index in [-0.39, 0.29) is 12.3 Å². The number of nitro benzene ring substituents is 1. The molecule has 6 nitrogen and oxygen atoms in total. The highest BCUT2D eigenvalue weighted by Crippen LogP contribution is 2.16. The first kappa shape index (κ1) is 13.0. The lowest BCUT2D eigenvalue weighted by Crippen LogP contribution is -2.00. The van der Waals surface area contributed by atoms with Crippen LogP contribution in [0.3, 0.4) is 0 Å². The summed E-state index contributed by atoms with van der Waals surface area (Å²) in [4.78, 5) is 14.3. The number of rotatable bonds is 5. The van der Waals surface area contributed by atoms with Gasteiger partial charge in [-0.2, -0.15) is 0 Å². The SMILES string of the molecule is NCc1ccc(OCc2cccc([N+](=O)[O-])c2)cn1. The summed E-state index contributed by atoms with van der Waals surface area (Å²) in [5, 5.41) is 10.6. The highest BCUT2D eigenvalue weighted by Gasteiger charge is 2.06. The molecule has 0 radical (unpaired) electrons. The Morgan fingerprint density at radius 3 is 2.79 bits per heavy atom. The largest absolute Gasteiger partial charge is 0.487 e. The summed E-state index contributed by atoms with van der Waals surface area (Å²) in [7, 11) is 0.